The van der Waals surface area contributed by atoms with Crippen LogP contribution in [0.4, 0.5) is 13.6 Å². The fraction of sp³-hybridized carbons (Fsp3) is 0.196. The van der Waals surface area contributed by atoms with E-state index in [0.29, 0.717) is 0 Å². The van der Waals surface area contributed by atoms with Crippen LogP contribution >= 0.6 is 22.6 Å². The Morgan fingerprint density at radius 3 is 1.48 bits per heavy atom. The van der Waals surface area contributed by atoms with Gasteiger partial charge in [-0.05, 0) is 130 Å². The van der Waals surface area contributed by atoms with E-state index < -0.39 is 6.16 Å². The summed E-state index contributed by atoms with van der Waals surface area (Å²) in [5.74, 6) is -0.357. The first-order valence-electron chi connectivity index (χ1n) is 20.0. The number of alkyl halides is 1. The van der Waals surface area contributed by atoms with Gasteiger partial charge in [-0.1, -0.05) is 59.0 Å². The minimum absolute atomic E-state index is 0. The number of fused-ring (bicyclic) bond motifs is 2. The molecular formula is C51H49F2I2K2N4O5+. The van der Waals surface area contributed by atoms with E-state index in [1.165, 1.54) is 24.3 Å². The van der Waals surface area contributed by atoms with E-state index in [-0.39, 0.29) is 162 Å². The quantitative estimate of drug-likeness (QED) is 0.0821. The van der Waals surface area contributed by atoms with Gasteiger partial charge in [-0.25, -0.2) is 13.3 Å². The van der Waals surface area contributed by atoms with Crippen LogP contribution in [0, 0.1) is 25.5 Å². The zero-order valence-corrected chi connectivity index (χ0v) is 49.3. The molecule has 15 heteroatoms. The molecule has 0 saturated heterocycles. The Kier molecular flexibility index (Phi) is 24.9. The number of carbonyl (C=O) groups excluding carboxylic acids is 2. The first-order chi connectivity index (χ1) is 30.1. The van der Waals surface area contributed by atoms with Gasteiger partial charge < -0.3 is 48.1 Å². The minimum Gasteiger partial charge on any atom is -1.00 e. The molecule has 8 aromatic rings. The van der Waals surface area contributed by atoms with E-state index in [0.717, 1.165) is 78.0 Å². The van der Waals surface area contributed by atoms with Crippen LogP contribution in [0.1, 0.15) is 83.0 Å². The summed E-state index contributed by atoms with van der Waals surface area (Å²) in [6.45, 7) is 11.5. The third-order valence-corrected chi connectivity index (χ3v) is 11.0. The Hall–Kier alpha value is -2.54. The van der Waals surface area contributed by atoms with Gasteiger partial charge in [-0.2, -0.15) is 0 Å². The Morgan fingerprint density at radius 2 is 1.06 bits per heavy atom. The molecule has 4 aromatic heterocycles. The molecule has 0 aliphatic rings. The third kappa shape index (κ3) is 14.0. The third-order valence-electron chi connectivity index (χ3n) is 11.0. The summed E-state index contributed by atoms with van der Waals surface area (Å²) in [6.07, 6.45) is 1.72. The summed E-state index contributed by atoms with van der Waals surface area (Å²) in [7, 11) is 1.98. The summed E-state index contributed by atoms with van der Waals surface area (Å²) < 4.78 is 33.1. The molecule has 0 radical (unpaired) electrons. The molecule has 8 rings (SSSR count). The molecule has 0 spiro atoms. The number of aromatic nitrogens is 4. The SMILES string of the molecule is CC(=O)c1c(C)n(C(C)c2cc[n+](C)c(-c3ccc(F)cc3)c2)c2ccccc12.CC(=O)c1c(C)n(C(C)c2ccnc(-c3ccc(F)cc3)c2)c2ccccc12.CI.O=C([O-])O.[I-].[K+].[K+]. The van der Waals surface area contributed by atoms with Gasteiger partial charge in [0, 0.05) is 73.8 Å². The van der Waals surface area contributed by atoms with Crippen LogP contribution in [-0.4, -0.2) is 41.9 Å². The molecule has 0 fully saturated rings. The van der Waals surface area contributed by atoms with Crippen molar-refractivity contribution in [2.45, 2.75) is 53.6 Å². The molecule has 0 saturated carbocycles. The average molecular weight is 1170 g/mol. The van der Waals surface area contributed by atoms with Crippen LogP contribution in [0.5, 0.6) is 0 Å². The number of Topliss-reactive ketones (excluding diaryl/α,β-unsaturated/α-hetero) is 2. The van der Waals surface area contributed by atoms with Crippen LogP contribution in [-0.2, 0) is 7.05 Å². The van der Waals surface area contributed by atoms with Crippen LogP contribution in [0.2, 0.25) is 0 Å². The fourth-order valence-electron chi connectivity index (χ4n) is 8.21. The number of hydrogen-bond donors (Lipinski definition) is 1. The Bertz CT molecular complexity index is 2920. The number of ketones is 2. The van der Waals surface area contributed by atoms with Crippen molar-refractivity contribution in [2.75, 3.05) is 4.93 Å². The summed E-state index contributed by atoms with van der Waals surface area (Å²) in [5, 5.41) is 17.3. The average Bonchev–Trinajstić information content (AvgIpc) is 3.74. The maximum absolute atomic E-state index is 13.4. The minimum atomic E-state index is -2.08. The van der Waals surface area contributed by atoms with Gasteiger partial charge in [-0.3, -0.25) is 14.6 Å². The van der Waals surface area contributed by atoms with Crippen molar-refractivity contribution >= 4 is 62.1 Å². The van der Waals surface area contributed by atoms with E-state index in [1.54, 1.807) is 44.3 Å². The van der Waals surface area contributed by atoms with Crippen LogP contribution in [0.25, 0.3) is 44.3 Å². The van der Waals surface area contributed by atoms with Gasteiger partial charge in [-0.15, -0.1) is 0 Å². The number of rotatable bonds is 8. The molecule has 66 heavy (non-hydrogen) atoms. The number of carbonyl (C=O) groups is 3. The summed E-state index contributed by atoms with van der Waals surface area (Å²) >= 11 is 2.15. The van der Waals surface area contributed by atoms with Crippen molar-refractivity contribution in [1.29, 1.82) is 0 Å². The van der Waals surface area contributed by atoms with Crippen molar-refractivity contribution in [3.05, 3.63) is 179 Å². The second-order valence-electron chi connectivity index (χ2n) is 14.9. The summed E-state index contributed by atoms with van der Waals surface area (Å²) in [4.78, 5) is 39.4. The number of hydrogen-bond acceptors (Lipinski definition) is 5. The molecule has 2 unspecified atom stereocenters. The van der Waals surface area contributed by atoms with Crippen molar-refractivity contribution in [1.82, 2.24) is 14.1 Å². The standard InChI is InChI=1S/C25H24FN2O.C24H21FN2O.CH3I.CH2O3.HI.2K/c1-16(28-17(2)25(18(3)29)22-7-5-6-8-23(22)28)20-13-14-27(4)24(15-20)19-9-11-21(26)12-10-19;1-15(19-12-13-26-22(14-19)18-8-10-20(25)11-9-18)27-16(2)24(17(3)28)21-6-4-5-7-23(21)27;1-2;2-1(3)4;;;/h5-16H,1-4H3;4-15H,1-3H3;1H3;(H2,2,3,4);1H;;/q+1;;;;;2*+1/p-2. The summed E-state index contributed by atoms with van der Waals surface area (Å²) in [5.41, 5.74) is 11.4. The Labute approximate surface area is 500 Å². The van der Waals surface area contributed by atoms with Gasteiger partial charge in [0.1, 0.15) is 18.7 Å². The largest absolute Gasteiger partial charge is 1.00 e. The molecule has 4 aromatic carbocycles. The van der Waals surface area contributed by atoms with Crippen LogP contribution < -0.4 is 136 Å². The maximum atomic E-state index is 13.4. The molecule has 1 N–H and O–H groups in total. The fourth-order valence-corrected chi connectivity index (χ4v) is 8.21. The van der Waals surface area contributed by atoms with Crippen molar-refractivity contribution in [2.24, 2.45) is 7.05 Å². The van der Waals surface area contributed by atoms with E-state index >= 15 is 0 Å². The number of para-hydroxylation sites is 2. The predicted molar refractivity (Wildman–Crippen MR) is 252 cm³/mol. The molecule has 2 atom stereocenters. The normalized spacial score (nSPS) is 11.1. The van der Waals surface area contributed by atoms with Crippen LogP contribution in [0.3, 0.4) is 0 Å². The molecule has 0 amide bonds. The maximum Gasteiger partial charge on any atom is 1.00 e. The van der Waals surface area contributed by atoms with Gasteiger partial charge >= 0.3 is 103 Å². The van der Waals surface area contributed by atoms with Gasteiger partial charge in [0.05, 0.1) is 17.8 Å². The van der Waals surface area contributed by atoms with Gasteiger partial charge in [0.2, 0.25) is 11.8 Å². The second-order valence-corrected chi connectivity index (χ2v) is 14.9. The second kappa shape index (κ2) is 27.6. The molecule has 9 nitrogen and oxygen atoms in total. The topological polar surface area (TPSA) is 121 Å². The molecule has 0 aliphatic carbocycles. The number of halogens is 4. The predicted octanol–water partition coefficient (Wildman–Crippen LogP) is 2.31. The Balaban J connectivity index is 0.000000390. The number of pyridine rings is 2. The monoisotopic (exact) mass is 1170 g/mol. The van der Waals surface area contributed by atoms with Gasteiger partial charge in [0.25, 0.3) is 0 Å². The first-order valence-corrected chi connectivity index (χ1v) is 22.2. The molecule has 0 aliphatic heterocycles. The molecule has 0 bridgehead atoms. The molecular weight excluding hydrogens is 1120 g/mol. The molecule has 4 heterocycles. The smallest absolute Gasteiger partial charge is 1.00 e. The number of aryl methyl sites for hydroxylation is 1. The van der Waals surface area contributed by atoms with E-state index in [1.807, 2.05) is 91.2 Å². The number of nitrogens with zero attached hydrogens (tertiary/aromatic N) is 4. The Morgan fingerprint density at radius 1 is 0.667 bits per heavy atom. The van der Waals surface area contributed by atoms with Gasteiger partial charge in [0.15, 0.2) is 17.8 Å². The van der Waals surface area contributed by atoms with Crippen LogP contribution in [0.15, 0.2) is 134 Å². The number of carboxylic acid groups (broad SMARTS) is 2. The zero-order valence-electron chi connectivity index (χ0n) is 38.7. The zero-order chi connectivity index (χ0) is 46.1. The van der Waals surface area contributed by atoms with Crippen molar-refractivity contribution in [3.63, 3.8) is 0 Å². The molecule has 332 valence electrons. The van der Waals surface area contributed by atoms with E-state index in [9.17, 15) is 18.4 Å². The first kappa shape index (κ1) is 59.6. The van der Waals surface area contributed by atoms with E-state index in [2.05, 4.69) is 68.8 Å². The summed E-state index contributed by atoms with van der Waals surface area (Å²) in [6, 6.07) is 37.2. The van der Waals surface area contributed by atoms with Crippen molar-refractivity contribution in [3.8, 4) is 22.5 Å². The van der Waals surface area contributed by atoms with E-state index in [4.69, 9.17) is 15.0 Å². The number of benzene rings is 4. The van der Waals surface area contributed by atoms with Crippen molar-refractivity contribution < 1.29 is 165 Å².